The fourth-order valence-electron chi connectivity index (χ4n) is 3.32. The molecule has 10 heteroatoms. The molecule has 1 saturated heterocycles. The molecule has 172 valence electrons. The first-order valence-corrected chi connectivity index (χ1v) is 11.9. The van der Waals surface area contributed by atoms with Crippen LogP contribution in [-0.2, 0) is 19.6 Å². The summed E-state index contributed by atoms with van der Waals surface area (Å²) in [6.07, 6.45) is 1.79. The van der Waals surface area contributed by atoms with E-state index in [1.807, 2.05) is 0 Å². The Hall–Kier alpha value is -2.65. The van der Waals surface area contributed by atoms with Gasteiger partial charge in [-0.25, -0.2) is 17.6 Å². The molecule has 0 atom stereocenters. The first-order valence-electron chi connectivity index (χ1n) is 10.1. The normalized spacial score (nSPS) is 14.8. The molecule has 1 fully saturated rings. The molecule has 1 aliphatic rings. The van der Waals surface area contributed by atoms with Crippen LogP contribution in [0.5, 0.6) is 0 Å². The molecule has 0 spiro atoms. The summed E-state index contributed by atoms with van der Waals surface area (Å²) in [6, 6.07) is 8.58. The second-order valence-corrected chi connectivity index (χ2v) is 10.1. The van der Waals surface area contributed by atoms with E-state index in [1.54, 1.807) is 4.90 Å². The van der Waals surface area contributed by atoms with E-state index in [9.17, 15) is 22.4 Å². The molecule has 0 bridgehead atoms. The summed E-state index contributed by atoms with van der Waals surface area (Å²) in [5.74, 6) is -1.14. The Kier molecular flexibility index (Phi) is 7.40. The number of sulfonamides is 1. The monoisotopic (exact) mass is 482 g/mol. The Bertz CT molecular complexity index is 1100. The highest BCUT2D eigenvalue weighted by Gasteiger charge is 2.26. The lowest BCUT2D eigenvalue weighted by Crippen LogP contribution is -2.40. The maximum Gasteiger partial charge on any atom is 0.340 e. The fraction of sp³-hybridized carbons (Fsp3) is 0.364. The van der Waals surface area contributed by atoms with E-state index < -0.39 is 28.4 Å². The number of ether oxygens (including phenoxy) is 1. The summed E-state index contributed by atoms with van der Waals surface area (Å²) >= 11 is 6.09. The van der Waals surface area contributed by atoms with Gasteiger partial charge >= 0.3 is 5.97 Å². The van der Waals surface area contributed by atoms with E-state index in [1.165, 1.54) is 31.3 Å². The summed E-state index contributed by atoms with van der Waals surface area (Å²) in [5.41, 5.74) is 0.0761. The van der Waals surface area contributed by atoms with Crippen molar-refractivity contribution in [2.45, 2.75) is 24.7 Å². The maximum atomic E-state index is 13.2. The SMILES string of the molecule is CC1CCN(C(=O)COC(=O)c2cc(S(=O)(=O)N(C)c3ccc(F)cc3)ccc2Cl)CC1. The van der Waals surface area contributed by atoms with E-state index >= 15 is 0 Å². The van der Waals surface area contributed by atoms with Gasteiger partial charge in [0.25, 0.3) is 15.9 Å². The van der Waals surface area contributed by atoms with Gasteiger partial charge in [-0.15, -0.1) is 0 Å². The number of likely N-dealkylation sites (tertiary alicyclic amines) is 1. The van der Waals surface area contributed by atoms with Crippen molar-refractivity contribution in [1.29, 1.82) is 0 Å². The van der Waals surface area contributed by atoms with Gasteiger partial charge in [0.05, 0.1) is 21.2 Å². The predicted octanol–water partition coefficient (Wildman–Crippen LogP) is 3.72. The van der Waals surface area contributed by atoms with Crippen molar-refractivity contribution < 1.29 is 27.1 Å². The molecule has 0 radical (unpaired) electrons. The van der Waals surface area contributed by atoms with Gasteiger partial charge in [0, 0.05) is 20.1 Å². The summed E-state index contributed by atoms with van der Waals surface area (Å²) in [4.78, 5) is 26.3. The standard InChI is InChI=1S/C22H24ClFN2O5S/c1-15-9-11-26(12-10-15)21(27)14-31-22(28)19-13-18(7-8-20(19)23)32(29,30)25(2)17-5-3-16(24)4-6-17/h3-8,13,15H,9-12,14H2,1-2H3. The van der Waals surface area contributed by atoms with Crippen LogP contribution in [0.25, 0.3) is 0 Å². The van der Waals surface area contributed by atoms with Crippen LogP contribution in [0.2, 0.25) is 5.02 Å². The zero-order valence-electron chi connectivity index (χ0n) is 17.8. The van der Waals surface area contributed by atoms with Crippen LogP contribution in [0, 0.1) is 11.7 Å². The number of piperidine rings is 1. The molecule has 0 saturated carbocycles. The number of carbonyl (C=O) groups excluding carboxylic acids is 2. The largest absolute Gasteiger partial charge is 0.452 e. The Labute approximate surface area is 191 Å². The first kappa shape index (κ1) is 24.0. The number of esters is 1. The van der Waals surface area contributed by atoms with Gasteiger partial charge in [-0.3, -0.25) is 9.10 Å². The fourth-order valence-corrected chi connectivity index (χ4v) is 4.74. The van der Waals surface area contributed by atoms with Gasteiger partial charge in [-0.2, -0.15) is 0 Å². The van der Waals surface area contributed by atoms with Crippen LogP contribution in [-0.4, -0.2) is 51.9 Å². The van der Waals surface area contributed by atoms with Crippen LogP contribution < -0.4 is 4.31 Å². The molecular formula is C22H24ClFN2O5S. The number of halogens is 2. The maximum absolute atomic E-state index is 13.2. The smallest absolute Gasteiger partial charge is 0.340 e. The van der Waals surface area contributed by atoms with Crippen LogP contribution in [0.1, 0.15) is 30.1 Å². The number of carbonyl (C=O) groups is 2. The Morgan fingerprint density at radius 3 is 2.41 bits per heavy atom. The van der Waals surface area contributed by atoms with Crippen molar-refractivity contribution in [3.63, 3.8) is 0 Å². The lowest BCUT2D eigenvalue weighted by molar-refractivity contribution is -0.135. The molecule has 1 heterocycles. The Morgan fingerprint density at radius 2 is 1.78 bits per heavy atom. The second kappa shape index (κ2) is 9.87. The predicted molar refractivity (Wildman–Crippen MR) is 119 cm³/mol. The molecule has 3 rings (SSSR count). The zero-order valence-corrected chi connectivity index (χ0v) is 19.3. The van der Waals surface area contributed by atoms with Crippen molar-refractivity contribution in [3.8, 4) is 0 Å². The lowest BCUT2D eigenvalue weighted by atomic mass is 9.99. The molecule has 1 aliphatic heterocycles. The quantitative estimate of drug-likeness (QED) is 0.586. The van der Waals surface area contributed by atoms with E-state index in [0.29, 0.717) is 19.0 Å². The van der Waals surface area contributed by atoms with Crippen LogP contribution >= 0.6 is 11.6 Å². The minimum atomic E-state index is -4.06. The highest BCUT2D eigenvalue weighted by Crippen LogP contribution is 2.26. The molecule has 0 aliphatic carbocycles. The van der Waals surface area contributed by atoms with Gasteiger partial charge in [-0.05, 0) is 61.2 Å². The molecule has 1 amide bonds. The zero-order chi connectivity index (χ0) is 23.5. The molecule has 7 nitrogen and oxygen atoms in total. The van der Waals surface area contributed by atoms with Gasteiger partial charge in [-0.1, -0.05) is 18.5 Å². The van der Waals surface area contributed by atoms with Crippen LogP contribution in [0.15, 0.2) is 47.4 Å². The van der Waals surface area contributed by atoms with Gasteiger partial charge in [0.1, 0.15) is 5.82 Å². The average molecular weight is 483 g/mol. The van der Waals surface area contributed by atoms with E-state index in [-0.39, 0.29) is 27.1 Å². The number of benzene rings is 2. The molecule has 0 aromatic heterocycles. The second-order valence-electron chi connectivity index (χ2n) is 7.73. The number of anilines is 1. The summed E-state index contributed by atoms with van der Waals surface area (Å²) < 4.78 is 45.2. The number of hydrogen-bond acceptors (Lipinski definition) is 5. The summed E-state index contributed by atoms with van der Waals surface area (Å²) in [6.45, 7) is 2.90. The Balaban J connectivity index is 1.73. The minimum absolute atomic E-state index is 0.00219. The highest BCUT2D eigenvalue weighted by atomic mass is 35.5. The van der Waals surface area contributed by atoms with Gasteiger partial charge in [0.15, 0.2) is 6.61 Å². The number of nitrogens with zero attached hydrogens (tertiary/aromatic N) is 2. The first-order chi connectivity index (χ1) is 15.1. The highest BCUT2D eigenvalue weighted by molar-refractivity contribution is 7.92. The number of amides is 1. The van der Waals surface area contributed by atoms with E-state index in [0.717, 1.165) is 35.3 Å². The van der Waals surface area contributed by atoms with E-state index in [2.05, 4.69) is 6.92 Å². The van der Waals surface area contributed by atoms with Crippen molar-refractivity contribution >= 4 is 39.2 Å². The van der Waals surface area contributed by atoms with Crippen molar-refractivity contribution in [3.05, 3.63) is 58.9 Å². The topological polar surface area (TPSA) is 84.0 Å². The number of rotatable bonds is 6. The van der Waals surface area contributed by atoms with Gasteiger partial charge < -0.3 is 9.64 Å². The van der Waals surface area contributed by atoms with Gasteiger partial charge in [0.2, 0.25) is 0 Å². The molecule has 0 unspecified atom stereocenters. The molecule has 2 aromatic carbocycles. The third-order valence-electron chi connectivity index (χ3n) is 5.47. The Morgan fingerprint density at radius 1 is 1.16 bits per heavy atom. The molecule has 2 aromatic rings. The third-order valence-corrected chi connectivity index (χ3v) is 7.58. The van der Waals surface area contributed by atoms with Crippen molar-refractivity contribution in [2.75, 3.05) is 31.0 Å². The molecule has 0 N–H and O–H groups in total. The van der Waals surface area contributed by atoms with Crippen LogP contribution in [0.3, 0.4) is 0 Å². The summed E-state index contributed by atoms with van der Waals surface area (Å²) in [5, 5.41) is -0.00219. The van der Waals surface area contributed by atoms with Crippen molar-refractivity contribution in [1.82, 2.24) is 4.90 Å². The number of hydrogen-bond donors (Lipinski definition) is 0. The lowest BCUT2D eigenvalue weighted by Gasteiger charge is -2.30. The average Bonchev–Trinajstić information content (AvgIpc) is 2.78. The minimum Gasteiger partial charge on any atom is -0.452 e. The van der Waals surface area contributed by atoms with Crippen molar-refractivity contribution in [2.24, 2.45) is 5.92 Å². The summed E-state index contributed by atoms with van der Waals surface area (Å²) in [7, 11) is -2.75. The molecular weight excluding hydrogens is 459 g/mol. The third kappa shape index (κ3) is 5.39. The van der Waals surface area contributed by atoms with Crippen LogP contribution in [0.4, 0.5) is 10.1 Å². The molecule has 32 heavy (non-hydrogen) atoms. The van der Waals surface area contributed by atoms with E-state index in [4.69, 9.17) is 16.3 Å².